The first-order valence-electron chi connectivity index (χ1n) is 8.22. The maximum atomic E-state index is 12.0. The van der Waals surface area contributed by atoms with E-state index < -0.39 is 0 Å². The third-order valence-corrected chi connectivity index (χ3v) is 3.83. The van der Waals surface area contributed by atoms with Crippen LogP contribution in [0.15, 0.2) is 48.5 Å². The minimum atomic E-state index is -0.163. The number of carbonyl (C=O) groups is 2. The first-order chi connectivity index (χ1) is 12.1. The number of carbonyl (C=O) groups excluding carboxylic acids is 2. The van der Waals surface area contributed by atoms with Crippen LogP contribution < -0.4 is 16.0 Å². The van der Waals surface area contributed by atoms with Gasteiger partial charge in [-0.05, 0) is 36.2 Å². The van der Waals surface area contributed by atoms with E-state index in [-0.39, 0.29) is 18.4 Å². The van der Waals surface area contributed by atoms with Crippen LogP contribution in [0, 0.1) is 0 Å². The highest BCUT2D eigenvalue weighted by Crippen LogP contribution is 2.16. The molecule has 0 heterocycles. The van der Waals surface area contributed by atoms with Crippen LogP contribution in [-0.2, 0) is 16.1 Å². The van der Waals surface area contributed by atoms with Crippen molar-refractivity contribution >= 4 is 34.8 Å². The lowest BCUT2D eigenvalue weighted by Gasteiger charge is -2.10. The molecule has 0 unspecified atom stereocenters. The molecule has 0 aliphatic heterocycles. The lowest BCUT2D eigenvalue weighted by atomic mass is 10.2. The van der Waals surface area contributed by atoms with Crippen LogP contribution in [0.5, 0.6) is 0 Å². The highest BCUT2D eigenvalue weighted by atomic mass is 35.5. The van der Waals surface area contributed by atoms with Gasteiger partial charge in [-0.1, -0.05) is 42.8 Å². The van der Waals surface area contributed by atoms with Crippen LogP contribution in [0.2, 0.25) is 5.02 Å². The Morgan fingerprint density at radius 1 is 0.960 bits per heavy atom. The van der Waals surface area contributed by atoms with Gasteiger partial charge in [0.05, 0.1) is 6.54 Å². The molecule has 0 aromatic heterocycles. The second-order valence-electron chi connectivity index (χ2n) is 5.62. The molecule has 3 N–H and O–H groups in total. The minimum absolute atomic E-state index is 0.0348. The first kappa shape index (κ1) is 19.0. The van der Waals surface area contributed by atoms with E-state index in [1.54, 1.807) is 24.3 Å². The normalized spacial score (nSPS) is 10.3. The van der Waals surface area contributed by atoms with E-state index >= 15 is 0 Å². The van der Waals surface area contributed by atoms with Crippen LogP contribution in [0.1, 0.15) is 25.3 Å². The number of hydrogen-bond donors (Lipinski definition) is 3. The van der Waals surface area contributed by atoms with Crippen LogP contribution in [-0.4, -0.2) is 18.4 Å². The van der Waals surface area contributed by atoms with E-state index in [0.29, 0.717) is 29.4 Å². The van der Waals surface area contributed by atoms with Crippen molar-refractivity contribution in [3.8, 4) is 0 Å². The van der Waals surface area contributed by atoms with Gasteiger partial charge in [-0.25, -0.2) is 0 Å². The number of amides is 2. The van der Waals surface area contributed by atoms with Crippen molar-refractivity contribution < 1.29 is 9.59 Å². The second-order valence-corrected chi connectivity index (χ2v) is 6.03. The van der Waals surface area contributed by atoms with Crippen molar-refractivity contribution in [3.63, 3.8) is 0 Å². The van der Waals surface area contributed by atoms with Gasteiger partial charge in [0.25, 0.3) is 0 Å². The van der Waals surface area contributed by atoms with Gasteiger partial charge in [-0.15, -0.1) is 0 Å². The Kier molecular flexibility index (Phi) is 7.44. The topological polar surface area (TPSA) is 70.2 Å². The van der Waals surface area contributed by atoms with Gasteiger partial charge >= 0.3 is 0 Å². The number of rotatable bonds is 8. The average Bonchev–Trinajstić information content (AvgIpc) is 2.57. The highest BCUT2D eigenvalue weighted by molar-refractivity contribution is 6.31. The molecule has 0 bridgehead atoms. The standard InChI is InChI=1S/C19H22ClN3O2/c1-2-6-18(24)22-15-8-5-9-16(11-15)23-19(25)13-21-12-14-7-3-4-10-17(14)20/h3-5,7-11,21H,2,6,12-13H2,1H3,(H,22,24)(H,23,25). The van der Waals surface area contributed by atoms with Crippen LogP contribution >= 0.6 is 11.6 Å². The van der Waals surface area contributed by atoms with E-state index in [1.165, 1.54) is 0 Å². The Hall–Kier alpha value is -2.37. The third kappa shape index (κ3) is 6.57. The van der Waals surface area contributed by atoms with Gasteiger partial charge in [0.2, 0.25) is 11.8 Å². The van der Waals surface area contributed by atoms with Gasteiger partial charge in [-0.2, -0.15) is 0 Å². The fourth-order valence-electron chi connectivity index (χ4n) is 2.28. The summed E-state index contributed by atoms with van der Waals surface area (Å²) in [7, 11) is 0. The van der Waals surface area contributed by atoms with Gasteiger partial charge in [0.1, 0.15) is 0 Å². The molecular weight excluding hydrogens is 338 g/mol. The minimum Gasteiger partial charge on any atom is -0.326 e. The van der Waals surface area contributed by atoms with Crippen molar-refractivity contribution in [2.45, 2.75) is 26.3 Å². The fraction of sp³-hybridized carbons (Fsp3) is 0.263. The number of anilines is 2. The van der Waals surface area contributed by atoms with Crippen LogP contribution in [0.4, 0.5) is 11.4 Å². The van der Waals surface area contributed by atoms with Crippen molar-refractivity contribution in [2.75, 3.05) is 17.2 Å². The highest BCUT2D eigenvalue weighted by Gasteiger charge is 2.05. The van der Waals surface area contributed by atoms with Crippen molar-refractivity contribution in [1.29, 1.82) is 0 Å². The second kappa shape index (κ2) is 9.81. The van der Waals surface area contributed by atoms with Crippen LogP contribution in [0.25, 0.3) is 0 Å². The lowest BCUT2D eigenvalue weighted by molar-refractivity contribution is -0.116. The summed E-state index contributed by atoms with van der Waals surface area (Å²) in [6.45, 7) is 2.63. The van der Waals surface area contributed by atoms with Gasteiger partial charge in [-0.3, -0.25) is 9.59 Å². The summed E-state index contributed by atoms with van der Waals surface area (Å²) < 4.78 is 0. The molecule has 0 saturated heterocycles. The molecule has 2 amide bonds. The molecule has 0 aliphatic carbocycles. The summed E-state index contributed by atoms with van der Waals surface area (Å²) in [4.78, 5) is 23.7. The Labute approximate surface area is 152 Å². The zero-order chi connectivity index (χ0) is 18.1. The smallest absolute Gasteiger partial charge is 0.238 e. The van der Waals surface area contributed by atoms with Gasteiger partial charge in [0.15, 0.2) is 0 Å². The lowest BCUT2D eigenvalue weighted by Crippen LogP contribution is -2.27. The molecule has 0 fully saturated rings. The molecule has 0 saturated carbocycles. The summed E-state index contributed by atoms with van der Waals surface area (Å²) >= 11 is 6.08. The Balaban J connectivity index is 1.82. The summed E-state index contributed by atoms with van der Waals surface area (Å²) in [6, 6.07) is 14.6. The Morgan fingerprint density at radius 3 is 2.32 bits per heavy atom. The Morgan fingerprint density at radius 2 is 1.64 bits per heavy atom. The molecule has 2 aromatic carbocycles. The molecule has 0 radical (unpaired) electrons. The fourth-order valence-corrected chi connectivity index (χ4v) is 2.49. The number of benzene rings is 2. The summed E-state index contributed by atoms with van der Waals surface area (Å²) in [5, 5.41) is 9.34. The molecule has 0 spiro atoms. The molecule has 2 rings (SSSR count). The average molecular weight is 360 g/mol. The number of halogens is 1. The van der Waals surface area contributed by atoms with E-state index in [1.807, 2.05) is 31.2 Å². The zero-order valence-electron chi connectivity index (χ0n) is 14.1. The van der Waals surface area contributed by atoms with E-state index in [9.17, 15) is 9.59 Å². The van der Waals surface area contributed by atoms with Crippen molar-refractivity contribution in [1.82, 2.24) is 5.32 Å². The summed E-state index contributed by atoms with van der Waals surface area (Å²) in [5.41, 5.74) is 2.25. The zero-order valence-corrected chi connectivity index (χ0v) is 14.9. The predicted octanol–water partition coefficient (Wildman–Crippen LogP) is 3.81. The Bertz CT molecular complexity index is 734. The molecule has 0 atom stereocenters. The maximum Gasteiger partial charge on any atom is 0.238 e. The number of nitrogens with one attached hydrogen (secondary N) is 3. The largest absolute Gasteiger partial charge is 0.326 e. The van der Waals surface area contributed by atoms with Crippen LogP contribution in [0.3, 0.4) is 0 Å². The summed E-state index contributed by atoms with van der Waals surface area (Å²) in [6.07, 6.45) is 1.27. The molecule has 132 valence electrons. The molecule has 6 heteroatoms. The third-order valence-electron chi connectivity index (χ3n) is 3.47. The van der Waals surface area contributed by atoms with E-state index in [2.05, 4.69) is 16.0 Å². The molecular formula is C19H22ClN3O2. The van der Waals surface area contributed by atoms with Gasteiger partial charge < -0.3 is 16.0 Å². The molecule has 0 aliphatic rings. The monoisotopic (exact) mass is 359 g/mol. The summed E-state index contributed by atoms with van der Waals surface area (Å²) in [5.74, 6) is -0.198. The van der Waals surface area contributed by atoms with Crippen molar-refractivity contribution in [3.05, 3.63) is 59.1 Å². The molecule has 25 heavy (non-hydrogen) atoms. The predicted molar refractivity (Wildman–Crippen MR) is 102 cm³/mol. The van der Waals surface area contributed by atoms with Crippen molar-refractivity contribution in [2.24, 2.45) is 0 Å². The van der Waals surface area contributed by atoms with Gasteiger partial charge in [0, 0.05) is 29.4 Å². The molecule has 2 aromatic rings. The molecule has 5 nitrogen and oxygen atoms in total. The maximum absolute atomic E-state index is 12.0. The number of hydrogen-bond acceptors (Lipinski definition) is 3. The first-order valence-corrected chi connectivity index (χ1v) is 8.60. The quantitative estimate of drug-likeness (QED) is 0.671. The SMILES string of the molecule is CCCC(=O)Nc1cccc(NC(=O)CNCc2ccccc2Cl)c1. The van der Waals surface area contributed by atoms with E-state index in [0.717, 1.165) is 12.0 Å². The van der Waals surface area contributed by atoms with E-state index in [4.69, 9.17) is 11.6 Å².